The summed E-state index contributed by atoms with van der Waals surface area (Å²) >= 11 is 11.6. The molecule has 80 valence electrons. The molecule has 1 aliphatic heterocycles. The van der Waals surface area contributed by atoms with Gasteiger partial charge in [-0.25, -0.2) is 4.98 Å². The van der Waals surface area contributed by atoms with Gasteiger partial charge in [-0.1, -0.05) is 23.2 Å². The van der Waals surface area contributed by atoms with Crippen LogP contribution in [0, 0.1) is 0 Å². The van der Waals surface area contributed by atoms with Gasteiger partial charge in [0.15, 0.2) is 0 Å². The average Bonchev–Trinajstić information content (AvgIpc) is 2.58. The standard InChI is InChI=1S/C10H11Cl2N3/c1-6-4-13-9(15-6)3-7-2-8(11)10(12)14-5-7/h2,5-6H,3-4H2,1H3,(H,13,15). The monoisotopic (exact) mass is 243 g/mol. The SMILES string of the molecule is CC1CNC(Cc2cnc(Cl)c(Cl)c2)=N1. The Morgan fingerprint density at radius 2 is 2.33 bits per heavy atom. The van der Waals surface area contributed by atoms with Gasteiger partial charge in [0.2, 0.25) is 0 Å². The van der Waals surface area contributed by atoms with E-state index in [1.165, 1.54) is 0 Å². The van der Waals surface area contributed by atoms with Gasteiger partial charge in [-0.05, 0) is 18.6 Å². The van der Waals surface area contributed by atoms with Gasteiger partial charge in [0.1, 0.15) is 11.0 Å². The summed E-state index contributed by atoms with van der Waals surface area (Å²) in [7, 11) is 0. The minimum Gasteiger partial charge on any atom is -0.371 e. The fraction of sp³-hybridized carbons (Fsp3) is 0.400. The highest BCUT2D eigenvalue weighted by molar-refractivity contribution is 6.41. The van der Waals surface area contributed by atoms with Gasteiger partial charge in [-0.3, -0.25) is 4.99 Å². The topological polar surface area (TPSA) is 37.3 Å². The molecular formula is C10H11Cl2N3. The van der Waals surface area contributed by atoms with Crippen LogP contribution in [0.2, 0.25) is 10.2 Å². The first-order valence-electron chi connectivity index (χ1n) is 4.75. The van der Waals surface area contributed by atoms with Crippen molar-refractivity contribution in [3.8, 4) is 0 Å². The Bertz CT molecular complexity index is 404. The minimum atomic E-state index is 0.343. The van der Waals surface area contributed by atoms with Gasteiger partial charge in [-0.2, -0.15) is 0 Å². The summed E-state index contributed by atoms with van der Waals surface area (Å²) in [6.45, 7) is 2.98. The van der Waals surface area contributed by atoms with E-state index in [1.54, 1.807) is 6.20 Å². The zero-order chi connectivity index (χ0) is 10.8. The van der Waals surface area contributed by atoms with Crippen LogP contribution in [0.4, 0.5) is 0 Å². The number of hydrogen-bond donors (Lipinski definition) is 1. The molecule has 0 amide bonds. The lowest BCUT2D eigenvalue weighted by molar-refractivity contribution is 0.765. The highest BCUT2D eigenvalue weighted by Gasteiger charge is 2.12. The van der Waals surface area contributed by atoms with Crippen molar-refractivity contribution >= 4 is 29.0 Å². The van der Waals surface area contributed by atoms with Crippen LogP contribution in [0.5, 0.6) is 0 Å². The molecule has 0 aromatic carbocycles. The van der Waals surface area contributed by atoms with Gasteiger partial charge in [0, 0.05) is 19.2 Å². The molecule has 0 saturated carbocycles. The molecular weight excluding hydrogens is 233 g/mol. The number of amidine groups is 1. The molecule has 2 heterocycles. The van der Waals surface area contributed by atoms with Crippen molar-refractivity contribution in [2.24, 2.45) is 4.99 Å². The van der Waals surface area contributed by atoms with Crippen molar-refractivity contribution in [3.05, 3.63) is 28.0 Å². The maximum atomic E-state index is 5.87. The van der Waals surface area contributed by atoms with Crippen LogP contribution in [0.1, 0.15) is 12.5 Å². The molecule has 0 spiro atoms. The largest absolute Gasteiger partial charge is 0.371 e. The number of pyridine rings is 1. The maximum absolute atomic E-state index is 5.87. The van der Waals surface area contributed by atoms with E-state index in [0.29, 0.717) is 16.2 Å². The van der Waals surface area contributed by atoms with Crippen molar-refractivity contribution in [2.45, 2.75) is 19.4 Å². The third-order valence-corrected chi connectivity index (χ3v) is 2.89. The highest BCUT2D eigenvalue weighted by Crippen LogP contribution is 2.20. The first-order chi connectivity index (χ1) is 7.15. The summed E-state index contributed by atoms with van der Waals surface area (Å²) in [4.78, 5) is 8.43. The number of nitrogens with one attached hydrogen (secondary N) is 1. The summed E-state index contributed by atoms with van der Waals surface area (Å²) in [6.07, 6.45) is 2.45. The minimum absolute atomic E-state index is 0.343. The Kier molecular flexibility index (Phi) is 3.12. The van der Waals surface area contributed by atoms with Gasteiger partial charge in [0.25, 0.3) is 0 Å². The van der Waals surface area contributed by atoms with Crippen LogP contribution in [0.25, 0.3) is 0 Å². The van der Waals surface area contributed by atoms with Gasteiger partial charge in [-0.15, -0.1) is 0 Å². The van der Waals surface area contributed by atoms with Gasteiger partial charge in [0.05, 0.1) is 11.1 Å². The molecule has 1 aromatic rings. The molecule has 0 saturated heterocycles. The average molecular weight is 244 g/mol. The second-order valence-electron chi connectivity index (χ2n) is 3.60. The molecule has 0 fully saturated rings. The molecule has 1 unspecified atom stereocenters. The normalized spacial score (nSPS) is 19.9. The summed E-state index contributed by atoms with van der Waals surface area (Å²) in [5, 5.41) is 4.06. The molecule has 1 atom stereocenters. The van der Waals surface area contributed by atoms with E-state index in [9.17, 15) is 0 Å². The highest BCUT2D eigenvalue weighted by atomic mass is 35.5. The third-order valence-electron chi connectivity index (χ3n) is 2.20. The Morgan fingerprint density at radius 1 is 1.53 bits per heavy atom. The molecule has 1 aromatic heterocycles. The first kappa shape index (κ1) is 10.7. The van der Waals surface area contributed by atoms with Crippen LogP contribution in [0.15, 0.2) is 17.3 Å². The first-order valence-corrected chi connectivity index (χ1v) is 5.51. The maximum Gasteiger partial charge on any atom is 0.147 e. The molecule has 5 heteroatoms. The molecule has 1 N–H and O–H groups in total. The Morgan fingerprint density at radius 3 is 2.93 bits per heavy atom. The lowest BCUT2D eigenvalue weighted by Gasteiger charge is -2.03. The van der Waals surface area contributed by atoms with E-state index >= 15 is 0 Å². The number of nitrogens with zero attached hydrogens (tertiary/aromatic N) is 2. The van der Waals surface area contributed by atoms with E-state index in [1.807, 2.05) is 6.07 Å². The number of halogens is 2. The zero-order valence-electron chi connectivity index (χ0n) is 8.30. The van der Waals surface area contributed by atoms with Gasteiger partial charge < -0.3 is 5.32 Å². The summed E-state index contributed by atoms with van der Waals surface area (Å²) in [5.41, 5.74) is 1.02. The lowest BCUT2D eigenvalue weighted by Crippen LogP contribution is -2.21. The predicted octanol–water partition coefficient (Wildman–Crippen LogP) is 2.32. The summed E-state index contributed by atoms with van der Waals surface area (Å²) in [5.74, 6) is 0.989. The van der Waals surface area contributed by atoms with Crippen molar-refractivity contribution in [1.29, 1.82) is 0 Å². The van der Waals surface area contributed by atoms with Crippen LogP contribution < -0.4 is 5.32 Å². The van der Waals surface area contributed by atoms with Crippen molar-refractivity contribution in [1.82, 2.24) is 10.3 Å². The van der Waals surface area contributed by atoms with Crippen LogP contribution >= 0.6 is 23.2 Å². The predicted molar refractivity (Wildman–Crippen MR) is 62.9 cm³/mol. The molecule has 1 aliphatic rings. The van der Waals surface area contributed by atoms with E-state index in [0.717, 1.165) is 24.4 Å². The Labute approximate surface area is 98.5 Å². The molecule has 15 heavy (non-hydrogen) atoms. The summed E-state index contributed by atoms with van der Waals surface area (Å²) in [6, 6.07) is 2.18. The Hall–Kier alpha value is -0.800. The van der Waals surface area contributed by atoms with Crippen molar-refractivity contribution in [2.75, 3.05) is 6.54 Å². The van der Waals surface area contributed by atoms with Gasteiger partial charge >= 0.3 is 0 Å². The smallest absolute Gasteiger partial charge is 0.147 e. The quantitative estimate of drug-likeness (QED) is 0.810. The number of aliphatic imine (C=N–C) groups is 1. The fourth-order valence-electron chi connectivity index (χ4n) is 1.48. The molecule has 0 aliphatic carbocycles. The van der Waals surface area contributed by atoms with E-state index in [4.69, 9.17) is 23.2 Å². The lowest BCUT2D eigenvalue weighted by atomic mass is 10.2. The number of hydrogen-bond acceptors (Lipinski definition) is 3. The fourth-order valence-corrected chi connectivity index (χ4v) is 1.77. The number of rotatable bonds is 2. The molecule has 0 bridgehead atoms. The van der Waals surface area contributed by atoms with E-state index in [2.05, 4.69) is 22.2 Å². The van der Waals surface area contributed by atoms with Crippen molar-refractivity contribution < 1.29 is 0 Å². The zero-order valence-corrected chi connectivity index (χ0v) is 9.81. The second-order valence-corrected chi connectivity index (χ2v) is 4.36. The second kappa shape index (κ2) is 4.37. The van der Waals surface area contributed by atoms with Crippen LogP contribution in [0.3, 0.4) is 0 Å². The molecule has 2 rings (SSSR count). The third kappa shape index (κ3) is 2.61. The number of aromatic nitrogens is 1. The van der Waals surface area contributed by atoms with Crippen molar-refractivity contribution in [3.63, 3.8) is 0 Å². The molecule has 3 nitrogen and oxygen atoms in total. The summed E-state index contributed by atoms with van der Waals surface area (Å²) < 4.78 is 0. The van der Waals surface area contributed by atoms with E-state index < -0.39 is 0 Å². The van der Waals surface area contributed by atoms with Crippen LogP contribution in [-0.2, 0) is 6.42 Å². The Balaban J connectivity index is 2.11. The van der Waals surface area contributed by atoms with Crippen LogP contribution in [-0.4, -0.2) is 23.4 Å². The molecule has 0 radical (unpaired) electrons. The van der Waals surface area contributed by atoms with E-state index in [-0.39, 0.29) is 0 Å².